The molecule has 1 aromatic rings. The molecule has 0 radical (unpaired) electrons. The Labute approximate surface area is 132 Å². The first-order valence-electron chi connectivity index (χ1n) is 6.70. The zero-order chi connectivity index (χ0) is 15.0. The molecule has 0 aromatic carbocycles. The van der Waals surface area contributed by atoms with Gasteiger partial charge in [-0.05, 0) is 60.5 Å². The van der Waals surface area contributed by atoms with Crippen molar-refractivity contribution >= 4 is 37.3 Å². The van der Waals surface area contributed by atoms with Crippen molar-refractivity contribution in [2.45, 2.75) is 50.0 Å². The van der Waals surface area contributed by atoms with Crippen LogP contribution < -0.4 is 4.72 Å². The Morgan fingerprint density at radius 1 is 1.50 bits per heavy atom. The number of sulfonamides is 1. The van der Waals surface area contributed by atoms with Crippen LogP contribution in [0.5, 0.6) is 0 Å². The fraction of sp³-hybridized carbons (Fsp3) is 0.692. The van der Waals surface area contributed by atoms with E-state index in [1.807, 2.05) is 0 Å². The highest BCUT2D eigenvalue weighted by atomic mass is 79.9. The quantitative estimate of drug-likeness (QED) is 0.841. The summed E-state index contributed by atoms with van der Waals surface area (Å²) in [5, 5.41) is 10.4. The molecule has 1 fully saturated rings. The summed E-state index contributed by atoms with van der Waals surface area (Å²) in [6, 6.07) is 1.61. The molecule has 1 aliphatic rings. The van der Waals surface area contributed by atoms with Crippen molar-refractivity contribution in [3.8, 4) is 0 Å². The van der Waals surface area contributed by atoms with Gasteiger partial charge in [0.2, 0.25) is 10.0 Å². The molecule has 4 nitrogen and oxygen atoms in total. The van der Waals surface area contributed by atoms with Crippen LogP contribution in [0.15, 0.2) is 14.7 Å². The van der Waals surface area contributed by atoms with E-state index in [0.29, 0.717) is 23.7 Å². The van der Waals surface area contributed by atoms with E-state index in [1.54, 1.807) is 13.0 Å². The Kier molecular flexibility index (Phi) is 4.96. The summed E-state index contributed by atoms with van der Waals surface area (Å²) in [5.74, 6) is 0.613. The molecule has 2 N–H and O–H groups in total. The summed E-state index contributed by atoms with van der Waals surface area (Å²) >= 11 is 4.69. The molecular formula is C13H20BrNO3S2. The Hall–Kier alpha value is 0.0500. The van der Waals surface area contributed by atoms with E-state index in [1.165, 1.54) is 11.3 Å². The molecule has 1 aliphatic carbocycles. The summed E-state index contributed by atoms with van der Waals surface area (Å²) < 4.78 is 27.9. The maximum atomic E-state index is 12.3. The lowest BCUT2D eigenvalue weighted by Crippen LogP contribution is -2.45. The molecule has 0 amide bonds. The van der Waals surface area contributed by atoms with Crippen LogP contribution in [0.2, 0.25) is 0 Å². The van der Waals surface area contributed by atoms with E-state index >= 15 is 0 Å². The minimum absolute atomic E-state index is 0.0922. The van der Waals surface area contributed by atoms with Crippen LogP contribution in [-0.2, 0) is 10.0 Å². The van der Waals surface area contributed by atoms with E-state index in [2.05, 4.69) is 27.6 Å². The second-order valence-electron chi connectivity index (χ2n) is 5.70. The minimum atomic E-state index is -3.55. The van der Waals surface area contributed by atoms with Crippen LogP contribution in [0.1, 0.15) is 37.5 Å². The maximum Gasteiger partial charge on any atom is 0.241 e. The van der Waals surface area contributed by atoms with Crippen LogP contribution in [0, 0.1) is 12.8 Å². The summed E-state index contributed by atoms with van der Waals surface area (Å²) in [6.45, 7) is 4.03. The highest BCUT2D eigenvalue weighted by Crippen LogP contribution is 2.33. The van der Waals surface area contributed by atoms with Crippen LogP contribution in [-0.4, -0.2) is 25.7 Å². The second kappa shape index (κ2) is 6.04. The molecule has 114 valence electrons. The van der Waals surface area contributed by atoms with Gasteiger partial charge in [0.05, 0.1) is 14.3 Å². The van der Waals surface area contributed by atoms with Gasteiger partial charge in [0.1, 0.15) is 0 Å². The van der Waals surface area contributed by atoms with Crippen molar-refractivity contribution < 1.29 is 13.5 Å². The van der Waals surface area contributed by atoms with Crippen molar-refractivity contribution in [3.63, 3.8) is 0 Å². The van der Waals surface area contributed by atoms with Gasteiger partial charge in [-0.1, -0.05) is 6.92 Å². The molecule has 1 heterocycles. The molecule has 1 aromatic heterocycles. The number of thiophene rings is 1. The zero-order valence-electron chi connectivity index (χ0n) is 11.6. The highest BCUT2D eigenvalue weighted by molar-refractivity contribution is 9.11. The number of aryl methyl sites for hydroxylation is 1. The lowest BCUT2D eigenvalue weighted by atomic mass is 9.80. The lowest BCUT2D eigenvalue weighted by molar-refractivity contribution is -0.00182. The van der Waals surface area contributed by atoms with Crippen molar-refractivity contribution in [2.24, 2.45) is 5.92 Å². The molecule has 0 saturated heterocycles. The Bertz CT molecular complexity index is 574. The first kappa shape index (κ1) is 16.4. The highest BCUT2D eigenvalue weighted by Gasteiger charge is 2.33. The predicted molar refractivity (Wildman–Crippen MR) is 84.5 cm³/mol. The first-order valence-corrected chi connectivity index (χ1v) is 9.79. The number of halogens is 1. The van der Waals surface area contributed by atoms with Crippen molar-refractivity contribution in [1.29, 1.82) is 0 Å². The molecule has 0 aliphatic heterocycles. The van der Waals surface area contributed by atoms with Gasteiger partial charge in [0.25, 0.3) is 0 Å². The first-order chi connectivity index (χ1) is 9.22. The van der Waals surface area contributed by atoms with E-state index in [9.17, 15) is 13.5 Å². The van der Waals surface area contributed by atoms with Gasteiger partial charge in [0, 0.05) is 11.4 Å². The third kappa shape index (κ3) is 3.82. The van der Waals surface area contributed by atoms with Gasteiger partial charge in [-0.25, -0.2) is 13.1 Å². The summed E-state index contributed by atoms with van der Waals surface area (Å²) in [5.41, 5.74) is -0.902. The van der Waals surface area contributed by atoms with Gasteiger partial charge in [-0.15, -0.1) is 11.3 Å². The number of hydrogen-bond acceptors (Lipinski definition) is 4. The summed E-state index contributed by atoms with van der Waals surface area (Å²) in [6.07, 6.45) is 3.20. The smallest absolute Gasteiger partial charge is 0.241 e. The molecule has 1 saturated carbocycles. The van der Waals surface area contributed by atoms with Crippen molar-refractivity contribution in [2.75, 3.05) is 6.54 Å². The van der Waals surface area contributed by atoms with Crippen molar-refractivity contribution in [3.05, 3.63) is 14.7 Å². The van der Waals surface area contributed by atoms with Gasteiger partial charge in [-0.3, -0.25) is 0 Å². The average molecular weight is 382 g/mol. The van der Waals surface area contributed by atoms with Crippen molar-refractivity contribution in [1.82, 2.24) is 4.72 Å². The molecule has 0 unspecified atom stereocenters. The predicted octanol–water partition coefficient (Wildman–Crippen LogP) is 3.04. The van der Waals surface area contributed by atoms with E-state index in [4.69, 9.17) is 0 Å². The Morgan fingerprint density at radius 3 is 2.60 bits per heavy atom. The minimum Gasteiger partial charge on any atom is -0.389 e. The van der Waals surface area contributed by atoms with Crippen LogP contribution in [0.4, 0.5) is 0 Å². The van der Waals surface area contributed by atoms with Gasteiger partial charge in [0.15, 0.2) is 0 Å². The lowest BCUT2D eigenvalue weighted by Gasteiger charge is -2.34. The molecule has 0 bridgehead atoms. The van der Waals surface area contributed by atoms with Crippen LogP contribution in [0.25, 0.3) is 0 Å². The third-order valence-electron chi connectivity index (χ3n) is 3.93. The Morgan fingerprint density at radius 2 is 2.10 bits per heavy atom. The molecule has 2 rings (SSSR count). The number of rotatable bonds is 4. The van der Waals surface area contributed by atoms with Crippen LogP contribution in [0.3, 0.4) is 0 Å². The molecule has 0 spiro atoms. The molecule has 7 heteroatoms. The fourth-order valence-corrected chi connectivity index (χ4v) is 6.01. The second-order valence-corrected chi connectivity index (χ2v) is 10.1. The number of hydrogen-bond donors (Lipinski definition) is 2. The normalized spacial score (nSPS) is 27.7. The van der Waals surface area contributed by atoms with E-state index in [-0.39, 0.29) is 6.54 Å². The number of nitrogens with one attached hydrogen (secondary N) is 1. The monoisotopic (exact) mass is 381 g/mol. The molecular weight excluding hydrogens is 362 g/mol. The standard InChI is InChI=1S/C13H20BrNO3S2/c1-9-3-5-13(16,6-4-9)8-15-20(17,18)11-7-12(14)19-10(11)2/h7,9,15-16H,3-6,8H2,1-2H3. The average Bonchev–Trinajstić information content (AvgIpc) is 2.71. The van der Waals surface area contributed by atoms with E-state index in [0.717, 1.165) is 21.5 Å². The van der Waals surface area contributed by atoms with Crippen LogP contribution >= 0.6 is 27.3 Å². The Balaban J connectivity index is 2.04. The largest absolute Gasteiger partial charge is 0.389 e. The topological polar surface area (TPSA) is 66.4 Å². The SMILES string of the molecule is Cc1sc(Br)cc1S(=O)(=O)NCC1(O)CCC(C)CC1. The summed E-state index contributed by atoms with van der Waals surface area (Å²) in [7, 11) is -3.55. The number of aliphatic hydroxyl groups is 1. The molecule has 0 atom stereocenters. The zero-order valence-corrected chi connectivity index (χ0v) is 14.9. The fourth-order valence-electron chi connectivity index (χ4n) is 2.48. The van der Waals surface area contributed by atoms with E-state index < -0.39 is 15.6 Å². The molecule has 20 heavy (non-hydrogen) atoms. The third-order valence-corrected chi connectivity index (χ3v) is 7.14. The van der Waals surface area contributed by atoms with Gasteiger partial charge < -0.3 is 5.11 Å². The van der Waals surface area contributed by atoms with Gasteiger partial charge in [-0.2, -0.15) is 0 Å². The van der Waals surface area contributed by atoms with Gasteiger partial charge >= 0.3 is 0 Å². The summed E-state index contributed by atoms with van der Waals surface area (Å²) in [4.78, 5) is 1.04. The maximum absolute atomic E-state index is 12.3.